The summed E-state index contributed by atoms with van der Waals surface area (Å²) in [6, 6.07) is 8.37. The molecule has 4 nitrogen and oxygen atoms in total. The predicted octanol–water partition coefficient (Wildman–Crippen LogP) is 2.80. The minimum atomic E-state index is 0.600. The SMILES string of the molecule is COCCNCc1cc(C)ccc1OCCCCC#N. The molecule has 0 aromatic heterocycles. The summed E-state index contributed by atoms with van der Waals surface area (Å²) in [7, 11) is 1.70. The third-order valence-corrected chi connectivity index (χ3v) is 2.95. The number of nitrogens with one attached hydrogen (secondary N) is 1. The highest BCUT2D eigenvalue weighted by Gasteiger charge is 2.04. The first kappa shape index (κ1) is 16.5. The maximum Gasteiger partial charge on any atom is 0.123 e. The second kappa shape index (κ2) is 10.2. The second-order valence-corrected chi connectivity index (χ2v) is 4.74. The molecule has 0 atom stereocenters. The first-order valence-corrected chi connectivity index (χ1v) is 7.07. The molecule has 0 bridgehead atoms. The van der Waals surface area contributed by atoms with Crippen molar-refractivity contribution < 1.29 is 9.47 Å². The molecule has 0 amide bonds. The van der Waals surface area contributed by atoms with Crippen LogP contribution in [0.15, 0.2) is 18.2 Å². The number of hydrogen-bond acceptors (Lipinski definition) is 4. The standard InChI is InChI=1S/C16H24N2O2/c1-14-6-7-16(20-10-5-3-4-8-17)15(12-14)13-18-9-11-19-2/h6-7,12,18H,3-5,9-11,13H2,1-2H3. The van der Waals surface area contributed by atoms with Gasteiger partial charge in [-0.05, 0) is 25.8 Å². The number of unbranched alkanes of at least 4 members (excludes halogenated alkanes) is 2. The van der Waals surface area contributed by atoms with Crippen molar-refractivity contribution in [1.29, 1.82) is 5.26 Å². The van der Waals surface area contributed by atoms with Crippen LogP contribution in [0.5, 0.6) is 5.75 Å². The van der Waals surface area contributed by atoms with Gasteiger partial charge in [0.25, 0.3) is 0 Å². The summed E-state index contributed by atoms with van der Waals surface area (Å²) in [5.74, 6) is 0.928. The van der Waals surface area contributed by atoms with E-state index in [4.69, 9.17) is 14.7 Å². The molecule has 0 saturated heterocycles. The van der Waals surface area contributed by atoms with Gasteiger partial charge in [0.05, 0.1) is 19.3 Å². The van der Waals surface area contributed by atoms with Crippen molar-refractivity contribution >= 4 is 0 Å². The van der Waals surface area contributed by atoms with Crippen molar-refractivity contribution in [3.8, 4) is 11.8 Å². The zero-order chi connectivity index (χ0) is 14.6. The second-order valence-electron chi connectivity index (χ2n) is 4.74. The average molecular weight is 276 g/mol. The first-order valence-electron chi connectivity index (χ1n) is 7.07. The van der Waals surface area contributed by atoms with Gasteiger partial charge < -0.3 is 14.8 Å². The summed E-state index contributed by atoms with van der Waals surface area (Å²) in [4.78, 5) is 0. The fourth-order valence-electron chi connectivity index (χ4n) is 1.87. The van der Waals surface area contributed by atoms with E-state index in [1.54, 1.807) is 7.11 Å². The Kier molecular flexibility index (Phi) is 8.44. The number of rotatable bonds is 10. The molecular formula is C16H24N2O2. The molecule has 110 valence electrons. The van der Waals surface area contributed by atoms with Crippen LogP contribution in [0, 0.1) is 18.3 Å². The minimum absolute atomic E-state index is 0.600. The largest absolute Gasteiger partial charge is 0.493 e. The van der Waals surface area contributed by atoms with Gasteiger partial charge in [-0.2, -0.15) is 5.26 Å². The fourth-order valence-corrected chi connectivity index (χ4v) is 1.87. The molecule has 1 N–H and O–H groups in total. The maximum atomic E-state index is 8.49. The molecule has 0 radical (unpaired) electrons. The highest BCUT2D eigenvalue weighted by Crippen LogP contribution is 2.20. The van der Waals surface area contributed by atoms with E-state index < -0.39 is 0 Å². The summed E-state index contributed by atoms with van der Waals surface area (Å²) < 4.78 is 10.8. The summed E-state index contributed by atoms with van der Waals surface area (Å²) in [5.41, 5.74) is 2.40. The monoisotopic (exact) mass is 276 g/mol. The van der Waals surface area contributed by atoms with E-state index in [2.05, 4.69) is 30.4 Å². The average Bonchev–Trinajstić information content (AvgIpc) is 2.45. The lowest BCUT2D eigenvalue weighted by molar-refractivity contribution is 0.199. The number of ether oxygens (including phenoxy) is 2. The van der Waals surface area contributed by atoms with Crippen molar-refractivity contribution in [2.24, 2.45) is 0 Å². The van der Waals surface area contributed by atoms with Crippen molar-refractivity contribution in [3.63, 3.8) is 0 Å². The number of methoxy groups -OCH3 is 1. The third kappa shape index (κ3) is 6.55. The van der Waals surface area contributed by atoms with Crippen molar-refractivity contribution in [3.05, 3.63) is 29.3 Å². The van der Waals surface area contributed by atoms with E-state index >= 15 is 0 Å². The molecule has 0 heterocycles. The molecule has 0 aliphatic rings. The van der Waals surface area contributed by atoms with Gasteiger partial charge in [-0.15, -0.1) is 0 Å². The van der Waals surface area contributed by atoms with Crippen molar-refractivity contribution in [2.75, 3.05) is 26.9 Å². The van der Waals surface area contributed by atoms with Crippen molar-refractivity contribution in [2.45, 2.75) is 32.7 Å². The van der Waals surface area contributed by atoms with Crippen LogP contribution in [0.3, 0.4) is 0 Å². The number of aryl methyl sites for hydroxylation is 1. The van der Waals surface area contributed by atoms with Crippen LogP contribution in [0.1, 0.15) is 30.4 Å². The third-order valence-electron chi connectivity index (χ3n) is 2.95. The highest BCUT2D eigenvalue weighted by atomic mass is 16.5. The van der Waals surface area contributed by atoms with Gasteiger partial charge in [0, 0.05) is 32.2 Å². The Morgan fingerprint density at radius 3 is 2.85 bits per heavy atom. The number of benzene rings is 1. The molecule has 4 heteroatoms. The molecule has 0 saturated carbocycles. The Hall–Kier alpha value is -1.57. The molecule has 1 rings (SSSR count). The van der Waals surface area contributed by atoms with Crippen LogP contribution in [-0.4, -0.2) is 26.9 Å². The summed E-state index contributed by atoms with van der Waals surface area (Å²) in [6.07, 6.45) is 2.41. The van der Waals surface area contributed by atoms with Crippen LogP contribution in [0.2, 0.25) is 0 Å². The Morgan fingerprint density at radius 2 is 2.10 bits per heavy atom. The van der Waals surface area contributed by atoms with Gasteiger partial charge >= 0.3 is 0 Å². The number of nitriles is 1. The van der Waals surface area contributed by atoms with Crippen LogP contribution in [0.25, 0.3) is 0 Å². The van der Waals surface area contributed by atoms with Gasteiger partial charge in [-0.1, -0.05) is 17.7 Å². The maximum absolute atomic E-state index is 8.49. The Balaban J connectivity index is 2.45. The van der Waals surface area contributed by atoms with E-state index in [0.717, 1.165) is 31.7 Å². The number of hydrogen-bond donors (Lipinski definition) is 1. The Labute approximate surface area is 121 Å². The molecular weight excluding hydrogens is 252 g/mol. The quantitative estimate of drug-likeness (QED) is 0.668. The van der Waals surface area contributed by atoms with Gasteiger partial charge in [0.15, 0.2) is 0 Å². The van der Waals surface area contributed by atoms with Crippen molar-refractivity contribution in [1.82, 2.24) is 5.32 Å². The smallest absolute Gasteiger partial charge is 0.123 e. The van der Waals surface area contributed by atoms with Crippen LogP contribution >= 0.6 is 0 Å². The zero-order valence-corrected chi connectivity index (χ0v) is 12.4. The fraction of sp³-hybridized carbons (Fsp3) is 0.562. The molecule has 20 heavy (non-hydrogen) atoms. The van der Waals surface area contributed by atoms with Gasteiger partial charge in [0.2, 0.25) is 0 Å². The molecule has 0 spiro atoms. The summed E-state index contributed by atoms with van der Waals surface area (Å²) in [6.45, 7) is 5.05. The summed E-state index contributed by atoms with van der Waals surface area (Å²) >= 11 is 0. The zero-order valence-electron chi connectivity index (χ0n) is 12.4. The van der Waals surface area contributed by atoms with Gasteiger partial charge in [0.1, 0.15) is 5.75 Å². The lowest BCUT2D eigenvalue weighted by Crippen LogP contribution is -2.19. The van der Waals surface area contributed by atoms with Gasteiger partial charge in [-0.3, -0.25) is 0 Å². The normalized spacial score (nSPS) is 10.2. The molecule has 1 aromatic rings. The van der Waals surface area contributed by atoms with Gasteiger partial charge in [-0.25, -0.2) is 0 Å². The van der Waals surface area contributed by atoms with E-state index in [1.165, 1.54) is 11.1 Å². The Bertz CT molecular complexity index is 427. The van der Waals surface area contributed by atoms with Crippen LogP contribution in [-0.2, 0) is 11.3 Å². The molecule has 1 aromatic carbocycles. The minimum Gasteiger partial charge on any atom is -0.493 e. The molecule has 0 fully saturated rings. The van der Waals surface area contributed by atoms with Crippen LogP contribution in [0.4, 0.5) is 0 Å². The molecule has 0 aliphatic carbocycles. The molecule has 0 unspecified atom stereocenters. The van der Waals surface area contributed by atoms with E-state index in [0.29, 0.717) is 19.6 Å². The van der Waals surface area contributed by atoms with E-state index in [-0.39, 0.29) is 0 Å². The lowest BCUT2D eigenvalue weighted by atomic mass is 10.1. The lowest BCUT2D eigenvalue weighted by Gasteiger charge is -2.13. The Morgan fingerprint density at radius 1 is 1.25 bits per heavy atom. The van der Waals surface area contributed by atoms with Crippen LogP contribution < -0.4 is 10.1 Å². The predicted molar refractivity (Wildman–Crippen MR) is 79.7 cm³/mol. The summed E-state index contributed by atoms with van der Waals surface area (Å²) in [5, 5.41) is 11.8. The first-order chi connectivity index (χ1) is 9.77. The highest BCUT2D eigenvalue weighted by molar-refractivity contribution is 5.36. The number of nitrogens with zero attached hydrogens (tertiary/aromatic N) is 1. The van der Waals surface area contributed by atoms with E-state index in [1.807, 2.05) is 6.07 Å². The molecule has 0 aliphatic heterocycles. The topological polar surface area (TPSA) is 54.3 Å². The van der Waals surface area contributed by atoms with E-state index in [9.17, 15) is 0 Å².